The Bertz CT molecular complexity index is 136. The summed E-state index contributed by atoms with van der Waals surface area (Å²) in [6.07, 6.45) is 1.85. The van der Waals surface area contributed by atoms with Crippen LogP contribution in [0.3, 0.4) is 0 Å². The van der Waals surface area contributed by atoms with Crippen LogP contribution in [-0.2, 0) is 4.79 Å². The van der Waals surface area contributed by atoms with Gasteiger partial charge in [0.2, 0.25) is 0 Å². The molecule has 0 aromatic rings. The molecule has 1 heterocycles. The molecule has 1 fully saturated rings. The average molecular weight is 178 g/mol. The van der Waals surface area contributed by atoms with Crippen molar-refractivity contribution < 1.29 is 4.79 Å². The quantitative estimate of drug-likeness (QED) is 0.605. The summed E-state index contributed by atoms with van der Waals surface area (Å²) < 4.78 is 0. The largest absolute Gasteiger partial charge is 0.298 e. The molecule has 0 saturated carbocycles. The van der Waals surface area contributed by atoms with Crippen molar-refractivity contribution >= 4 is 18.2 Å². The van der Waals surface area contributed by atoms with E-state index in [0.717, 1.165) is 19.4 Å². The Hall–Kier alpha value is -0.0800. The zero-order valence-corrected chi connectivity index (χ0v) is 7.99. The van der Waals surface area contributed by atoms with E-state index in [1.54, 1.807) is 0 Å². The standard InChI is InChI=1S/C8H15NO.ClH/c1-7(2)9-5-3-4-8(10)6-9;/h7H,3-6H2,1-2H3;1H. The van der Waals surface area contributed by atoms with E-state index in [0.29, 0.717) is 18.4 Å². The van der Waals surface area contributed by atoms with Gasteiger partial charge in [-0.3, -0.25) is 9.69 Å². The third-order valence-electron chi connectivity index (χ3n) is 2.01. The van der Waals surface area contributed by atoms with Crippen molar-refractivity contribution in [1.82, 2.24) is 4.90 Å². The molecule has 0 amide bonds. The number of piperidine rings is 1. The third-order valence-corrected chi connectivity index (χ3v) is 2.01. The minimum atomic E-state index is 0. The van der Waals surface area contributed by atoms with Crippen molar-refractivity contribution in [3.8, 4) is 0 Å². The highest BCUT2D eigenvalue weighted by atomic mass is 35.5. The van der Waals surface area contributed by atoms with Gasteiger partial charge in [0.15, 0.2) is 0 Å². The van der Waals surface area contributed by atoms with Gasteiger partial charge in [-0.05, 0) is 26.8 Å². The molecule has 66 valence electrons. The van der Waals surface area contributed by atoms with Crippen LogP contribution in [0.2, 0.25) is 0 Å². The minimum Gasteiger partial charge on any atom is -0.298 e. The maximum atomic E-state index is 10.9. The molecule has 0 radical (unpaired) electrons. The van der Waals surface area contributed by atoms with Crippen LogP contribution in [0.15, 0.2) is 0 Å². The van der Waals surface area contributed by atoms with E-state index < -0.39 is 0 Å². The number of carbonyl (C=O) groups is 1. The summed E-state index contributed by atoms with van der Waals surface area (Å²) in [5.74, 6) is 0.403. The minimum absolute atomic E-state index is 0. The number of Topliss-reactive ketones (excluding diaryl/α,β-unsaturated/α-hetero) is 1. The lowest BCUT2D eigenvalue weighted by atomic mass is 10.1. The number of rotatable bonds is 1. The Kier molecular flexibility index (Phi) is 4.69. The number of ketones is 1. The second-order valence-electron chi connectivity index (χ2n) is 3.21. The summed E-state index contributed by atoms with van der Waals surface area (Å²) in [6, 6.07) is 0.532. The summed E-state index contributed by atoms with van der Waals surface area (Å²) in [4.78, 5) is 13.2. The van der Waals surface area contributed by atoms with Crippen LogP contribution in [0.5, 0.6) is 0 Å². The van der Waals surface area contributed by atoms with Gasteiger partial charge in [0.1, 0.15) is 5.78 Å². The Labute approximate surface area is 74.4 Å². The van der Waals surface area contributed by atoms with Crippen LogP contribution in [0.1, 0.15) is 26.7 Å². The first-order valence-corrected chi connectivity index (χ1v) is 3.96. The Morgan fingerprint density at radius 1 is 1.45 bits per heavy atom. The topological polar surface area (TPSA) is 20.3 Å². The predicted octanol–water partition coefficient (Wildman–Crippen LogP) is 1.48. The zero-order valence-electron chi connectivity index (χ0n) is 7.17. The first-order chi connectivity index (χ1) is 4.70. The molecule has 0 spiro atoms. The smallest absolute Gasteiger partial charge is 0.146 e. The molecule has 11 heavy (non-hydrogen) atoms. The van der Waals surface area contributed by atoms with Gasteiger partial charge in [-0.2, -0.15) is 0 Å². The van der Waals surface area contributed by atoms with Crippen LogP contribution < -0.4 is 0 Å². The summed E-state index contributed by atoms with van der Waals surface area (Å²) >= 11 is 0. The molecule has 0 bridgehead atoms. The zero-order chi connectivity index (χ0) is 7.56. The van der Waals surface area contributed by atoms with Gasteiger partial charge in [-0.15, -0.1) is 12.4 Å². The third kappa shape index (κ3) is 3.21. The first kappa shape index (κ1) is 10.9. The van der Waals surface area contributed by atoms with Crippen LogP contribution in [0.4, 0.5) is 0 Å². The lowest BCUT2D eigenvalue weighted by molar-refractivity contribution is -0.122. The van der Waals surface area contributed by atoms with Crippen molar-refractivity contribution in [1.29, 1.82) is 0 Å². The van der Waals surface area contributed by atoms with E-state index in [1.165, 1.54) is 0 Å². The number of likely N-dealkylation sites (tertiary alicyclic amines) is 1. The highest BCUT2D eigenvalue weighted by Gasteiger charge is 2.18. The molecule has 0 atom stereocenters. The van der Waals surface area contributed by atoms with Crippen molar-refractivity contribution in [3.63, 3.8) is 0 Å². The molecular formula is C8H16ClNO. The average Bonchev–Trinajstić information content (AvgIpc) is 1.88. The highest BCUT2D eigenvalue weighted by molar-refractivity contribution is 5.85. The fraction of sp³-hybridized carbons (Fsp3) is 0.875. The maximum Gasteiger partial charge on any atom is 0.146 e. The molecule has 0 aliphatic carbocycles. The number of hydrogen-bond donors (Lipinski definition) is 0. The number of nitrogens with zero attached hydrogens (tertiary/aromatic N) is 1. The van der Waals surface area contributed by atoms with Crippen LogP contribution in [-0.4, -0.2) is 29.8 Å². The van der Waals surface area contributed by atoms with Gasteiger partial charge in [-0.1, -0.05) is 0 Å². The van der Waals surface area contributed by atoms with Gasteiger partial charge in [0.25, 0.3) is 0 Å². The summed E-state index contributed by atoms with van der Waals surface area (Å²) in [5, 5.41) is 0. The van der Waals surface area contributed by atoms with Gasteiger partial charge in [-0.25, -0.2) is 0 Å². The normalized spacial score (nSPS) is 20.1. The van der Waals surface area contributed by atoms with Crippen LogP contribution >= 0.6 is 12.4 Å². The van der Waals surface area contributed by atoms with E-state index in [1.807, 2.05) is 0 Å². The van der Waals surface area contributed by atoms with Gasteiger partial charge >= 0.3 is 0 Å². The van der Waals surface area contributed by atoms with Gasteiger partial charge < -0.3 is 0 Å². The highest BCUT2D eigenvalue weighted by Crippen LogP contribution is 2.08. The Morgan fingerprint density at radius 3 is 2.45 bits per heavy atom. The molecule has 0 N–H and O–H groups in total. The molecule has 2 nitrogen and oxygen atoms in total. The molecule has 0 aromatic heterocycles. The van der Waals surface area contributed by atoms with E-state index >= 15 is 0 Å². The van der Waals surface area contributed by atoms with Gasteiger partial charge in [0.05, 0.1) is 6.54 Å². The number of carbonyl (C=O) groups excluding carboxylic acids is 1. The number of hydrogen-bond acceptors (Lipinski definition) is 2. The monoisotopic (exact) mass is 177 g/mol. The molecule has 0 unspecified atom stereocenters. The molecule has 1 rings (SSSR count). The molecular weight excluding hydrogens is 162 g/mol. The SMILES string of the molecule is CC(C)N1CCCC(=O)C1.Cl. The molecule has 0 aromatic carbocycles. The van der Waals surface area contributed by atoms with E-state index in [-0.39, 0.29) is 12.4 Å². The fourth-order valence-corrected chi connectivity index (χ4v) is 1.30. The molecule has 1 aliphatic heterocycles. The Balaban J connectivity index is 0.000001000. The molecule has 1 saturated heterocycles. The second kappa shape index (κ2) is 4.73. The maximum absolute atomic E-state index is 10.9. The summed E-state index contributed by atoms with van der Waals surface area (Å²) in [5.41, 5.74) is 0. The molecule has 3 heteroatoms. The van der Waals surface area contributed by atoms with Crippen molar-refractivity contribution in [2.24, 2.45) is 0 Å². The van der Waals surface area contributed by atoms with E-state index in [2.05, 4.69) is 18.7 Å². The van der Waals surface area contributed by atoms with E-state index in [9.17, 15) is 4.79 Å². The molecule has 1 aliphatic rings. The lowest BCUT2D eigenvalue weighted by Crippen LogP contribution is -2.40. The van der Waals surface area contributed by atoms with Crippen molar-refractivity contribution in [3.05, 3.63) is 0 Å². The van der Waals surface area contributed by atoms with Crippen molar-refractivity contribution in [2.45, 2.75) is 32.7 Å². The lowest BCUT2D eigenvalue weighted by Gasteiger charge is -2.28. The summed E-state index contributed by atoms with van der Waals surface area (Å²) in [7, 11) is 0. The number of halogens is 1. The fourth-order valence-electron chi connectivity index (χ4n) is 1.30. The predicted molar refractivity (Wildman–Crippen MR) is 48.2 cm³/mol. The second-order valence-corrected chi connectivity index (χ2v) is 3.21. The summed E-state index contributed by atoms with van der Waals surface area (Å²) in [6.45, 7) is 6.05. The first-order valence-electron chi connectivity index (χ1n) is 3.96. The van der Waals surface area contributed by atoms with Crippen LogP contribution in [0.25, 0.3) is 0 Å². The Morgan fingerprint density at radius 2 is 2.09 bits per heavy atom. The van der Waals surface area contributed by atoms with E-state index in [4.69, 9.17) is 0 Å². The van der Waals surface area contributed by atoms with Gasteiger partial charge in [0, 0.05) is 12.5 Å². The van der Waals surface area contributed by atoms with Crippen LogP contribution in [0, 0.1) is 0 Å². The van der Waals surface area contributed by atoms with Crippen molar-refractivity contribution in [2.75, 3.05) is 13.1 Å².